The van der Waals surface area contributed by atoms with Crippen LogP contribution in [0.4, 0.5) is 43.2 Å². The van der Waals surface area contributed by atoms with Crippen LogP contribution in [0.5, 0.6) is 0 Å². The third-order valence-corrected chi connectivity index (χ3v) is 11.1. The molecule has 0 bridgehead atoms. The van der Waals surface area contributed by atoms with E-state index in [-0.39, 0.29) is 30.9 Å². The molecule has 0 unspecified atom stereocenters. The molecular weight excluding hydrogens is 835 g/mol. The zero-order valence-corrected chi connectivity index (χ0v) is 35.7. The molecule has 0 spiro atoms. The van der Waals surface area contributed by atoms with E-state index in [4.69, 9.17) is 9.97 Å². The number of likely N-dealkylation sites (N-methyl/N-ethyl adjacent to an activating group) is 2. The van der Waals surface area contributed by atoms with E-state index in [1.54, 1.807) is 116 Å². The predicted octanol–water partition coefficient (Wildman–Crippen LogP) is 6.83. The molecule has 2 amide bonds. The zero-order valence-electron chi connectivity index (χ0n) is 35.7. The maximum absolute atomic E-state index is 13.4. The van der Waals surface area contributed by atoms with Gasteiger partial charge in [-0.05, 0) is 61.4 Å². The largest absolute Gasteiger partial charge is 0.309 e. The SMILES string of the molecule is C.CC[C@@H]1C(=O)N(C)c2cnc(-n3ccnc3-c3ccc(F)cc3)nc2N1c1cnn(C)c1.CC[C@H]1C(=O)N(C)c2cnc(-n3ccnc3-c3ccc(F)cc3)nc2N1c1cnn(C)c1. The van der Waals surface area contributed by atoms with Gasteiger partial charge in [-0.15, -0.1) is 0 Å². The van der Waals surface area contributed by atoms with Crippen molar-refractivity contribution in [1.29, 1.82) is 0 Å². The van der Waals surface area contributed by atoms with Crippen molar-refractivity contribution in [2.24, 2.45) is 14.1 Å². The van der Waals surface area contributed by atoms with Crippen LogP contribution in [0, 0.1) is 11.6 Å². The zero-order chi connectivity index (χ0) is 44.8. The average molecular weight is 881 g/mol. The molecule has 2 atom stereocenters. The Morgan fingerprint density at radius 1 is 0.554 bits per heavy atom. The van der Waals surface area contributed by atoms with Gasteiger partial charge in [0.05, 0.1) is 36.2 Å². The number of rotatable bonds is 8. The van der Waals surface area contributed by atoms with Gasteiger partial charge in [-0.3, -0.25) is 28.1 Å². The molecule has 2 aromatic carbocycles. The maximum Gasteiger partial charge on any atom is 0.250 e. The first-order valence-electron chi connectivity index (χ1n) is 20.4. The number of hydrogen-bond donors (Lipinski definition) is 0. The highest BCUT2D eigenvalue weighted by Crippen LogP contribution is 2.41. The second-order valence-corrected chi connectivity index (χ2v) is 15.1. The topological polar surface area (TPSA) is 170 Å². The first-order chi connectivity index (χ1) is 30.9. The van der Waals surface area contributed by atoms with Crippen LogP contribution in [-0.2, 0) is 23.7 Å². The van der Waals surface area contributed by atoms with E-state index in [1.807, 2.05) is 50.1 Å². The Morgan fingerprint density at radius 3 is 1.28 bits per heavy atom. The molecule has 0 aliphatic carbocycles. The molecule has 65 heavy (non-hydrogen) atoms. The number of hydrogen-bond acceptors (Lipinski definition) is 12. The number of aryl methyl sites for hydroxylation is 2. The summed E-state index contributed by atoms with van der Waals surface area (Å²) in [6, 6.07) is 11.4. The van der Waals surface area contributed by atoms with Crippen LogP contribution in [0.15, 0.2) is 110 Å². The van der Waals surface area contributed by atoms with Crippen molar-refractivity contribution in [1.82, 2.24) is 58.6 Å². The molecule has 0 radical (unpaired) electrons. The van der Waals surface area contributed by atoms with Gasteiger partial charge in [0.25, 0.3) is 0 Å². The van der Waals surface area contributed by atoms with Gasteiger partial charge in [-0.2, -0.15) is 20.2 Å². The summed E-state index contributed by atoms with van der Waals surface area (Å²) in [6.07, 6.45) is 18.4. The summed E-state index contributed by atoms with van der Waals surface area (Å²) in [4.78, 5) is 60.6. The van der Waals surface area contributed by atoms with Gasteiger partial charge in [0.1, 0.15) is 46.7 Å². The Bertz CT molecular complexity index is 2790. The van der Waals surface area contributed by atoms with Crippen LogP contribution in [0.1, 0.15) is 34.1 Å². The van der Waals surface area contributed by atoms with Gasteiger partial charge in [0.2, 0.25) is 23.7 Å². The van der Waals surface area contributed by atoms with Crippen LogP contribution < -0.4 is 19.6 Å². The van der Waals surface area contributed by atoms with Crippen molar-refractivity contribution >= 4 is 46.2 Å². The number of carbonyl (C=O) groups excluding carboxylic acids is 2. The van der Waals surface area contributed by atoms with E-state index in [0.29, 0.717) is 59.4 Å². The molecule has 0 N–H and O–H groups in total. The highest BCUT2D eigenvalue weighted by atomic mass is 19.1. The minimum absolute atomic E-state index is 0. The van der Waals surface area contributed by atoms with Crippen molar-refractivity contribution < 1.29 is 18.4 Å². The van der Waals surface area contributed by atoms with Gasteiger partial charge in [0.15, 0.2) is 11.6 Å². The standard InChI is InChI=1S/2C22H21FN8O.CH4/c2*1-4-17-21(32)29(3)18-12-25-22(27-20(18)31(17)16-11-26-28(2)13-16)30-10-9-24-19(30)14-5-7-15(23)8-6-14;/h2*5-13,17H,4H2,1-3H3;1H4/t2*17-;/m10./s1. The molecule has 2 aliphatic rings. The van der Waals surface area contributed by atoms with Crippen LogP contribution >= 0.6 is 0 Å². The summed E-state index contributed by atoms with van der Waals surface area (Å²) < 4.78 is 33.6. The Hall–Kier alpha value is -8.16. The number of anilines is 6. The Kier molecular flexibility index (Phi) is 11.7. The Labute approximate surface area is 373 Å². The van der Waals surface area contributed by atoms with Crippen LogP contribution in [0.3, 0.4) is 0 Å². The van der Waals surface area contributed by atoms with Crippen LogP contribution in [0.2, 0.25) is 0 Å². The smallest absolute Gasteiger partial charge is 0.250 e. The second-order valence-electron chi connectivity index (χ2n) is 15.1. The normalized spacial score (nSPS) is 15.6. The lowest BCUT2D eigenvalue weighted by molar-refractivity contribution is -0.120. The highest BCUT2D eigenvalue weighted by Gasteiger charge is 2.40. The number of nitrogens with zero attached hydrogens (tertiary/aromatic N) is 16. The van der Waals surface area contributed by atoms with Crippen molar-refractivity contribution in [2.75, 3.05) is 33.7 Å². The Morgan fingerprint density at radius 2 is 0.938 bits per heavy atom. The van der Waals surface area contributed by atoms with E-state index in [0.717, 1.165) is 22.5 Å². The van der Waals surface area contributed by atoms with Gasteiger partial charge < -0.3 is 19.6 Å². The number of imidazole rings is 2. The lowest BCUT2D eigenvalue weighted by Crippen LogP contribution is -2.50. The summed E-state index contributed by atoms with van der Waals surface area (Å²) >= 11 is 0. The van der Waals surface area contributed by atoms with Gasteiger partial charge in [-0.25, -0.2) is 28.7 Å². The lowest BCUT2D eigenvalue weighted by Gasteiger charge is -2.39. The summed E-state index contributed by atoms with van der Waals surface area (Å²) in [7, 11) is 7.12. The summed E-state index contributed by atoms with van der Waals surface area (Å²) in [5.74, 6) is 2.48. The van der Waals surface area contributed by atoms with E-state index in [2.05, 4.69) is 30.1 Å². The summed E-state index contributed by atoms with van der Waals surface area (Å²) in [5.41, 5.74) is 4.24. The fourth-order valence-corrected chi connectivity index (χ4v) is 7.91. The number of halogens is 2. The maximum atomic E-state index is 13.4. The monoisotopic (exact) mass is 880 g/mol. The molecule has 6 aromatic heterocycles. The van der Waals surface area contributed by atoms with Crippen molar-refractivity contribution in [3.8, 4) is 34.7 Å². The van der Waals surface area contributed by atoms with Gasteiger partial charge >= 0.3 is 0 Å². The fourth-order valence-electron chi connectivity index (χ4n) is 7.91. The highest BCUT2D eigenvalue weighted by molar-refractivity contribution is 6.07. The van der Waals surface area contributed by atoms with E-state index >= 15 is 0 Å². The first kappa shape index (κ1) is 43.5. The number of carbonyl (C=O) groups is 2. The molecular formula is C45H46F2N16O2. The second kappa shape index (κ2) is 17.5. The third kappa shape index (κ3) is 7.82. The van der Waals surface area contributed by atoms with E-state index in [9.17, 15) is 18.4 Å². The molecule has 18 nitrogen and oxygen atoms in total. The summed E-state index contributed by atoms with van der Waals surface area (Å²) in [6.45, 7) is 3.94. The van der Waals surface area contributed by atoms with E-state index in [1.165, 1.54) is 24.3 Å². The summed E-state index contributed by atoms with van der Waals surface area (Å²) in [5, 5.41) is 8.54. The molecule has 0 saturated heterocycles. The van der Waals surface area contributed by atoms with Gasteiger partial charge in [0, 0.05) is 76.5 Å². The molecule has 8 heterocycles. The van der Waals surface area contributed by atoms with Crippen LogP contribution in [0.25, 0.3) is 34.7 Å². The van der Waals surface area contributed by atoms with E-state index < -0.39 is 12.1 Å². The molecule has 8 aromatic rings. The minimum Gasteiger partial charge on any atom is -0.309 e. The number of fused-ring (bicyclic) bond motifs is 2. The number of aromatic nitrogens is 12. The molecule has 2 aliphatic heterocycles. The molecule has 332 valence electrons. The van der Waals surface area contributed by atoms with Crippen LogP contribution in [-0.4, -0.2) is 96.6 Å². The van der Waals surface area contributed by atoms with Gasteiger partial charge in [-0.1, -0.05) is 21.3 Å². The molecule has 20 heteroatoms. The number of benzene rings is 2. The molecule has 0 fully saturated rings. The molecule has 0 saturated carbocycles. The van der Waals surface area contributed by atoms with Crippen molar-refractivity contribution in [3.63, 3.8) is 0 Å². The van der Waals surface area contributed by atoms with Crippen molar-refractivity contribution in [3.05, 3.63) is 122 Å². The lowest BCUT2D eigenvalue weighted by atomic mass is 10.1. The van der Waals surface area contributed by atoms with Crippen molar-refractivity contribution in [2.45, 2.75) is 46.2 Å². The number of amides is 2. The molecule has 10 rings (SSSR count). The predicted molar refractivity (Wildman–Crippen MR) is 241 cm³/mol. The minimum atomic E-state index is -0.418. The quantitative estimate of drug-likeness (QED) is 0.156. The first-order valence-corrected chi connectivity index (χ1v) is 20.4. The average Bonchev–Trinajstić information content (AvgIpc) is 4.15. The third-order valence-electron chi connectivity index (χ3n) is 11.1. The fraction of sp³-hybridized carbons (Fsp3) is 0.244. The Balaban J connectivity index is 0.000000175.